The molecule has 2 bridgehead atoms. The van der Waals surface area contributed by atoms with Crippen LogP contribution in [0.4, 0.5) is 0 Å². The van der Waals surface area contributed by atoms with E-state index in [0.29, 0.717) is 41.6 Å². The van der Waals surface area contributed by atoms with Gasteiger partial charge in [0.05, 0.1) is 61.9 Å². The average Bonchev–Trinajstić information content (AvgIpc) is 3.03. The highest BCUT2D eigenvalue weighted by atomic mass is 35.5. The summed E-state index contributed by atoms with van der Waals surface area (Å²) in [6.45, 7) is 10.1. The molecular weight excluding hydrogens is 615 g/mol. The van der Waals surface area contributed by atoms with E-state index in [1.54, 1.807) is 0 Å². The summed E-state index contributed by atoms with van der Waals surface area (Å²) in [7, 11) is 0. The van der Waals surface area contributed by atoms with Crippen LogP contribution in [0, 0.1) is 0 Å². The molecule has 8 heteroatoms. The van der Waals surface area contributed by atoms with E-state index in [1.807, 2.05) is 61.2 Å². The second kappa shape index (κ2) is 13.6. The van der Waals surface area contributed by atoms with Gasteiger partial charge in [0.1, 0.15) is 11.4 Å². The van der Waals surface area contributed by atoms with Crippen LogP contribution in [0.15, 0.2) is 72.8 Å². The Balaban J connectivity index is 0.00000384. The standard InChI is InChI=1S/C36H43Cl2N2O3.ClH/c1-27(2)43-31-10-6-7-28(23-31)24-34(41)39-17-22-42-36(26-39,30-11-12-32(37)33(38)25-30)16-21-40-18-13-35(14-19-40,15-20-40)29-8-4-3-5-9-29;/h3-12,23,25,27H,13-22,24,26H2,1-2H3;1H/q+1;/p-1. The molecule has 0 saturated carbocycles. The Kier molecular flexibility index (Phi) is 10.2. The second-order valence-electron chi connectivity index (χ2n) is 13.2. The minimum absolute atomic E-state index is 0. The number of amides is 1. The van der Waals surface area contributed by atoms with Gasteiger partial charge in [0.2, 0.25) is 5.91 Å². The predicted octanol–water partition coefficient (Wildman–Crippen LogP) is 4.42. The summed E-state index contributed by atoms with van der Waals surface area (Å²) in [5.41, 5.74) is 3.15. The summed E-state index contributed by atoms with van der Waals surface area (Å²) in [5.74, 6) is 0.894. The Morgan fingerprint density at radius 2 is 1.66 bits per heavy atom. The molecule has 7 rings (SSSR count). The molecule has 4 aliphatic rings. The van der Waals surface area contributed by atoms with Crippen LogP contribution in [0.1, 0.15) is 56.2 Å². The zero-order valence-electron chi connectivity index (χ0n) is 25.7. The van der Waals surface area contributed by atoms with E-state index in [9.17, 15) is 4.79 Å². The lowest BCUT2D eigenvalue weighted by atomic mass is 9.66. The molecule has 44 heavy (non-hydrogen) atoms. The third kappa shape index (κ3) is 6.93. The topological polar surface area (TPSA) is 38.8 Å². The Morgan fingerprint density at radius 3 is 2.34 bits per heavy atom. The first-order chi connectivity index (χ1) is 20.7. The molecule has 236 valence electrons. The number of rotatable bonds is 9. The summed E-state index contributed by atoms with van der Waals surface area (Å²) in [5, 5.41) is 1.04. The first-order valence-electron chi connectivity index (χ1n) is 15.7. The van der Waals surface area contributed by atoms with E-state index in [-0.39, 0.29) is 24.4 Å². The smallest absolute Gasteiger partial charge is 0.227 e. The fraction of sp³-hybridized carbons (Fsp3) is 0.472. The van der Waals surface area contributed by atoms with Crippen LogP contribution in [-0.2, 0) is 27.0 Å². The van der Waals surface area contributed by atoms with Crippen LogP contribution < -0.4 is 17.1 Å². The van der Waals surface area contributed by atoms with Gasteiger partial charge in [0.25, 0.3) is 0 Å². The summed E-state index contributed by atoms with van der Waals surface area (Å²) in [6.07, 6.45) is 4.91. The van der Waals surface area contributed by atoms with E-state index >= 15 is 0 Å². The van der Waals surface area contributed by atoms with Crippen LogP contribution >= 0.6 is 23.2 Å². The lowest BCUT2D eigenvalue weighted by Crippen LogP contribution is -3.00. The summed E-state index contributed by atoms with van der Waals surface area (Å²) < 4.78 is 13.7. The highest BCUT2D eigenvalue weighted by molar-refractivity contribution is 6.42. The van der Waals surface area contributed by atoms with Crippen LogP contribution in [0.25, 0.3) is 0 Å². The number of carbonyl (C=O) groups is 1. The molecule has 3 aromatic rings. The quantitative estimate of drug-likeness (QED) is 0.320. The Labute approximate surface area is 278 Å². The van der Waals surface area contributed by atoms with Gasteiger partial charge >= 0.3 is 0 Å². The minimum Gasteiger partial charge on any atom is -1.00 e. The molecule has 0 radical (unpaired) electrons. The molecule has 3 aromatic carbocycles. The number of nitrogens with zero attached hydrogens (tertiary/aromatic N) is 2. The molecular formula is C36H43Cl3N2O3. The van der Waals surface area contributed by atoms with Gasteiger partial charge in [-0.1, -0.05) is 71.7 Å². The van der Waals surface area contributed by atoms with Gasteiger partial charge in [-0.05, 0) is 54.8 Å². The van der Waals surface area contributed by atoms with Crippen molar-refractivity contribution in [3.8, 4) is 5.75 Å². The second-order valence-corrected chi connectivity index (χ2v) is 14.0. The minimum atomic E-state index is -0.636. The largest absolute Gasteiger partial charge is 1.00 e. The summed E-state index contributed by atoms with van der Waals surface area (Å²) in [4.78, 5) is 15.7. The highest BCUT2D eigenvalue weighted by Gasteiger charge is 2.51. The molecule has 0 aromatic heterocycles. The zero-order chi connectivity index (χ0) is 30.1. The number of halogens is 3. The Morgan fingerprint density at radius 1 is 0.932 bits per heavy atom. The molecule has 4 aliphatic heterocycles. The average molecular weight is 658 g/mol. The Hall–Kier alpha value is -2.28. The number of carbonyl (C=O) groups excluding carboxylic acids is 1. The third-order valence-corrected chi connectivity index (χ3v) is 10.9. The third-order valence-electron chi connectivity index (χ3n) is 10.2. The SMILES string of the molecule is CC(C)Oc1cccc(CC(=O)N2CCOC(CC[N+]34CCC(c5ccccc5)(CC3)CC4)(c3ccc(Cl)c(Cl)c3)C2)c1.[Cl-]. The highest BCUT2D eigenvalue weighted by Crippen LogP contribution is 2.47. The summed E-state index contributed by atoms with van der Waals surface area (Å²) in [6, 6.07) is 24.8. The van der Waals surface area contributed by atoms with E-state index < -0.39 is 5.60 Å². The van der Waals surface area contributed by atoms with Gasteiger partial charge < -0.3 is 31.3 Å². The maximum Gasteiger partial charge on any atom is 0.227 e. The van der Waals surface area contributed by atoms with Crippen molar-refractivity contribution in [2.45, 2.75) is 63.1 Å². The van der Waals surface area contributed by atoms with Gasteiger partial charge in [-0.25, -0.2) is 0 Å². The molecule has 4 fully saturated rings. The van der Waals surface area contributed by atoms with E-state index in [1.165, 1.54) is 44.5 Å². The van der Waals surface area contributed by atoms with Crippen LogP contribution in [0.2, 0.25) is 10.0 Å². The molecule has 1 amide bonds. The van der Waals surface area contributed by atoms with Crippen molar-refractivity contribution in [1.82, 2.24) is 4.90 Å². The molecule has 5 nitrogen and oxygen atoms in total. The molecule has 0 spiro atoms. The van der Waals surface area contributed by atoms with Crippen molar-refractivity contribution in [2.75, 3.05) is 45.9 Å². The number of benzene rings is 3. The van der Waals surface area contributed by atoms with Crippen LogP contribution in [0.3, 0.4) is 0 Å². The van der Waals surface area contributed by atoms with Crippen molar-refractivity contribution in [3.05, 3.63) is 99.5 Å². The lowest BCUT2D eigenvalue weighted by molar-refractivity contribution is -0.944. The molecule has 4 saturated heterocycles. The van der Waals surface area contributed by atoms with Gasteiger partial charge in [-0.2, -0.15) is 0 Å². The van der Waals surface area contributed by atoms with Crippen molar-refractivity contribution >= 4 is 29.1 Å². The van der Waals surface area contributed by atoms with Crippen molar-refractivity contribution in [2.24, 2.45) is 0 Å². The van der Waals surface area contributed by atoms with E-state index in [0.717, 1.165) is 34.3 Å². The van der Waals surface area contributed by atoms with E-state index in [4.69, 9.17) is 32.7 Å². The van der Waals surface area contributed by atoms with Gasteiger partial charge in [0, 0.05) is 37.6 Å². The fourth-order valence-corrected chi connectivity index (χ4v) is 7.87. The van der Waals surface area contributed by atoms with Gasteiger partial charge in [-0.3, -0.25) is 4.79 Å². The van der Waals surface area contributed by atoms with Crippen LogP contribution in [-0.4, -0.2) is 67.3 Å². The maximum atomic E-state index is 13.7. The predicted molar refractivity (Wildman–Crippen MR) is 173 cm³/mol. The molecule has 4 heterocycles. The van der Waals surface area contributed by atoms with Crippen LogP contribution in [0.5, 0.6) is 5.75 Å². The van der Waals surface area contributed by atoms with Crippen molar-refractivity contribution in [3.63, 3.8) is 0 Å². The first kappa shape index (κ1) is 33.1. The lowest BCUT2D eigenvalue weighted by Gasteiger charge is -2.56. The Bertz CT molecular complexity index is 1430. The molecule has 0 N–H and O–H groups in total. The van der Waals surface area contributed by atoms with Gasteiger partial charge in [0.15, 0.2) is 0 Å². The van der Waals surface area contributed by atoms with Crippen molar-refractivity contribution < 1.29 is 31.2 Å². The van der Waals surface area contributed by atoms with E-state index in [2.05, 4.69) is 30.3 Å². The number of quaternary nitrogens is 1. The van der Waals surface area contributed by atoms with Gasteiger partial charge in [-0.15, -0.1) is 0 Å². The number of morpholine rings is 1. The number of ether oxygens (including phenoxy) is 2. The molecule has 0 aliphatic carbocycles. The number of hydrogen-bond donors (Lipinski definition) is 0. The molecule has 1 unspecified atom stereocenters. The maximum absolute atomic E-state index is 13.7. The molecule has 1 atom stereocenters. The fourth-order valence-electron chi connectivity index (χ4n) is 7.58. The number of piperidine rings is 3. The van der Waals surface area contributed by atoms with Crippen molar-refractivity contribution in [1.29, 1.82) is 0 Å². The monoisotopic (exact) mass is 656 g/mol. The number of hydrogen-bond acceptors (Lipinski definition) is 3. The first-order valence-corrected chi connectivity index (χ1v) is 16.5. The number of fused-ring (bicyclic) bond motifs is 3. The summed E-state index contributed by atoms with van der Waals surface area (Å²) >= 11 is 12.9. The zero-order valence-corrected chi connectivity index (χ0v) is 28.0. The normalized spacial score (nSPS) is 26.3.